The maximum Gasteiger partial charge on any atom is 0.0406 e. The van der Waals surface area contributed by atoms with Gasteiger partial charge in [0.25, 0.3) is 0 Å². The molecule has 0 spiro atoms. The Morgan fingerprint density at radius 3 is 2.40 bits per heavy atom. The van der Waals surface area contributed by atoms with Crippen LogP contribution in [0.4, 0.5) is 0 Å². The fourth-order valence-corrected chi connectivity index (χ4v) is 1.00. The molecule has 1 N–H and O–H groups in total. The summed E-state index contributed by atoms with van der Waals surface area (Å²) in [5.41, 5.74) is 1.18. The van der Waals surface area contributed by atoms with E-state index in [1.165, 1.54) is 5.56 Å². The minimum atomic E-state index is 0.764. The average molecular weight is 174 g/mol. The molecule has 0 bridgehead atoms. The Bertz CT molecular complexity index is 197. The van der Waals surface area contributed by atoms with Crippen molar-refractivity contribution >= 4 is 24.4 Å². The van der Waals surface area contributed by atoms with Gasteiger partial charge in [0.1, 0.15) is 0 Å². The predicted molar refractivity (Wildman–Crippen MR) is 47.3 cm³/mol. The van der Waals surface area contributed by atoms with Crippen LogP contribution >= 0.6 is 24.4 Å². The Labute approximate surface area is 70.9 Å². The molecule has 0 saturated carbocycles. The molecule has 0 atom stereocenters. The quantitative estimate of drug-likeness (QED) is 0.654. The van der Waals surface area contributed by atoms with E-state index in [9.17, 15) is 0 Å². The van der Waals surface area contributed by atoms with E-state index < -0.39 is 0 Å². The van der Waals surface area contributed by atoms with Crippen molar-refractivity contribution in [2.75, 3.05) is 0 Å². The van der Waals surface area contributed by atoms with Crippen LogP contribution in [0.15, 0.2) is 24.3 Å². The molecule has 0 aliphatic carbocycles. The van der Waals surface area contributed by atoms with E-state index >= 15 is 0 Å². The number of benzene rings is 1. The molecule has 0 amide bonds. The van der Waals surface area contributed by atoms with Gasteiger partial charge in [-0.3, -0.25) is 4.72 Å². The lowest BCUT2D eigenvalue weighted by Crippen LogP contribution is -1.97. The summed E-state index contributed by atoms with van der Waals surface area (Å²) in [4.78, 5) is 0. The summed E-state index contributed by atoms with van der Waals surface area (Å²) in [7, 11) is 0. The van der Waals surface area contributed by atoms with E-state index in [0.29, 0.717) is 0 Å². The first-order chi connectivity index (χ1) is 4.83. The summed E-state index contributed by atoms with van der Waals surface area (Å²) >= 11 is 9.55. The number of nitrogens with one attached hydrogen (secondary N) is 1. The van der Waals surface area contributed by atoms with Crippen molar-refractivity contribution in [2.24, 2.45) is 0 Å². The Hall–Kier alpha value is -0.180. The number of thiol groups is 1. The number of hydrogen-bond acceptors (Lipinski definition) is 2. The molecule has 10 heavy (non-hydrogen) atoms. The Balaban J connectivity index is 2.69. The van der Waals surface area contributed by atoms with E-state index in [1.54, 1.807) is 0 Å². The minimum absolute atomic E-state index is 0.764. The van der Waals surface area contributed by atoms with Gasteiger partial charge in [0.15, 0.2) is 0 Å². The normalized spacial score (nSPS) is 9.80. The average Bonchev–Trinajstić information content (AvgIpc) is 1.95. The first-order valence-electron chi connectivity index (χ1n) is 2.94. The standard InChI is InChI=1S/C7H8ClNS/c8-7-3-1-6(2-4-7)5-9-10/h1-4,9-10H,5H2. The van der Waals surface area contributed by atoms with Gasteiger partial charge >= 0.3 is 0 Å². The zero-order valence-electron chi connectivity index (χ0n) is 5.34. The van der Waals surface area contributed by atoms with Gasteiger partial charge in [0.2, 0.25) is 0 Å². The van der Waals surface area contributed by atoms with Crippen molar-refractivity contribution in [3.63, 3.8) is 0 Å². The number of halogens is 1. The van der Waals surface area contributed by atoms with Gasteiger partial charge in [-0.15, -0.1) is 0 Å². The molecule has 0 heterocycles. The van der Waals surface area contributed by atoms with Crippen LogP contribution in [-0.2, 0) is 6.54 Å². The molecular weight excluding hydrogens is 166 g/mol. The number of hydrogen-bond donors (Lipinski definition) is 2. The lowest BCUT2D eigenvalue weighted by molar-refractivity contribution is 0.985. The molecule has 0 unspecified atom stereocenters. The van der Waals surface area contributed by atoms with Gasteiger partial charge in [-0.2, -0.15) is 0 Å². The lowest BCUT2D eigenvalue weighted by Gasteiger charge is -1.97. The van der Waals surface area contributed by atoms with Crippen molar-refractivity contribution in [2.45, 2.75) is 6.54 Å². The Morgan fingerprint density at radius 1 is 1.30 bits per heavy atom. The van der Waals surface area contributed by atoms with Crippen LogP contribution in [0.5, 0.6) is 0 Å². The van der Waals surface area contributed by atoms with Gasteiger partial charge in [-0.25, -0.2) is 0 Å². The molecule has 54 valence electrons. The van der Waals surface area contributed by atoms with Crippen molar-refractivity contribution in [1.82, 2.24) is 4.72 Å². The molecule has 1 rings (SSSR count). The first kappa shape index (κ1) is 7.92. The largest absolute Gasteiger partial charge is 0.262 e. The van der Waals surface area contributed by atoms with Crippen molar-refractivity contribution in [3.8, 4) is 0 Å². The third-order valence-corrected chi connectivity index (χ3v) is 1.61. The van der Waals surface area contributed by atoms with Gasteiger partial charge in [-0.05, 0) is 17.7 Å². The second-order valence-electron chi connectivity index (χ2n) is 1.96. The predicted octanol–water partition coefficient (Wildman–Crippen LogP) is 2.27. The maximum absolute atomic E-state index is 5.67. The van der Waals surface area contributed by atoms with Crippen LogP contribution in [0, 0.1) is 0 Å². The second kappa shape index (κ2) is 3.86. The molecule has 1 aromatic carbocycles. The molecule has 0 aromatic heterocycles. The highest BCUT2D eigenvalue weighted by Crippen LogP contribution is 2.08. The second-order valence-corrected chi connectivity index (χ2v) is 2.71. The maximum atomic E-state index is 5.67. The van der Waals surface area contributed by atoms with Crippen LogP contribution in [0.2, 0.25) is 5.02 Å². The molecule has 3 heteroatoms. The fraction of sp³-hybridized carbons (Fsp3) is 0.143. The summed E-state index contributed by atoms with van der Waals surface area (Å²) in [5.74, 6) is 0. The number of rotatable bonds is 2. The topological polar surface area (TPSA) is 12.0 Å². The smallest absolute Gasteiger partial charge is 0.0406 e. The van der Waals surface area contributed by atoms with E-state index in [4.69, 9.17) is 11.6 Å². The van der Waals surface area contributed by atoms with E-state index in [0.717, 1.165) is 11.6 Å². The molecule has 0 fully saturated rings. The molecule has 0 aliphatic rings. The van der Waals surface area contributed by atoms with E-state index in [-0.39, 0.29) is 0 Å². The highest BCUT2D eigenvalue weighted by molar-refractivity contribution is 7.78. The molecular formula is C7H8ClNS. The molecule has 1 nitrogen and oxygen atoms in total. The summed E-state index contributed by atoms with van der Waals surface area (Å²) in [6.07, 6.45) is 0. The highest BCUT2D eigenvalue weighted by Gasteiger charge is 1.88. The zero-order valence-corrected chi connectivity index (χ0v) is 6.99. The van der Waals surface area contributed by atoms with Crippen molar-refractivity contribution in [3.05, 3.63) is 34.9 Å². The van der Waals surface area contributed by atoms with E-state index in [2.05, 4.69) is 17.5 Å². The molecule has 0 radical (unpaired) electrons. The van der Waals surface area contributed by atoms with Crippen molar-refractivity contribution < 1.29 is 0 Å². The SMILES string of the molecule is SNCc1ccc(Cl)cc1. The van der Waals surface area contributed by atoms with Crippen LogP contribution in [0.25, 0.3) is 0 Å². The van der Waals surface area contributed by atoms with Crippen LogP contribution < -0.4 is 4.72 Å². The first-order valence-corrected chi connectivity index (χ1v) is 3.77. The van der Waals surface area contributed by atoms with E-state index in [1.807, 2.05) is 24.3 Å². The summed E-state index contributed by atoms with van der Waals surface area (Å²) in [5, 5.41) is 0.767. The van der Waals surface area contributed by atoms with Crippen molar-refractivity contribution in [1.29, 1.82) is 0 Å². The molecule has 0 saturated heterocycles. The molecule has 1 aromatic rings. The van der Waals surface area contributed by atoms with Crippen LogP contribution in [0.1, 0.15) is 5.56 Å². The molecule has 0 aliphatic heterocycles. The monoisotopic (exact) mass is 173 g/mol. The summed E-state index contributed by atoms with van der Waals surface area (Å²) < 4.78 is 2.75. The lowest BCUT2D eigenvalue weighted by atomic mass is 10.2. The van der Waals surface area contributed by atoms with Crippen LogP contribution in [0.3, 0.4) is 0 Å². The third-order valence-electron chi connectivity index (χ3n) is 1.20. The van der Waals surface area contributed by atoms with Gasteiger partial charge in [-0.1, -0.05) is 36.5 Å². The third kappa shape index (κ3) is 2.21. The van der Waals surface area contributed by atoms with Gasteiger partial charge < -0.3 is 0 Å². The van der Waals surface area contributed by atoms with Gasteiger partial charge in [0, 0.05) is 11.6 Å². The summed E-state index contributed by atoms with van der Waals surface area (Å²) in [6.45, 7) is 0.764. The van der Waals surface area contributed by atoms with Crippen LogP contribution in [-0.4, -0.2) is 0 Å². The zero-order chi connectivity index (χ0) is 7.40. The van der Waals surface area contributed by atoms with Gasteiger partial charge in [0.05, 0.1) is 0 Å². The highest BCUT2D eigenvalue weighted by atomic mass is 35.5. The fourth-order valence-electron chi connectivity index (χ4n) is 0.694. The summed E-state index contributed by atoms with van der Waals surface area (Å²) in [6, 6.07) is 7.65. The Kier molecular flexibility index (Phi) is 3.06. The Morgan fingerprint density at radius 2 is 1.90 bits per heavy atom. The minimum Gasteiger partial charge on any atom is -0.262 e.